The highest BCUT2D eigenvalue weighted by atomic mass is 19.4. The third kappa shape index (κ3) is 2.52. The Morgan fingerprint density at radius 3 is 2.29 bits per heavy atom. The SMILES string of the molecule is O=C1c2ccccc2N[C@H](c2ccc(C(F)(F)F)cc2)N1C1CC1. The van der Waals surface area contributed by atoms with Crippen molar-refractivity contribution < 1.29 is 18.0 Å². The number of carbonyl (C=O) groups is 1. The smallest absolute Gasteiger partial charge is 0.361 e. The number of carbonyl (C=O) groups excluding carboxylic acids is 1. The molecule has 0 saturated heterocycles. The predicted molar refractivity (Wildman–Crippen MR) is 83.4 cm³/mol. The number of para-hydroxylation sites is 1. The molecule has 2 aromatic rings. The molecule has 24 heavy (non-hydrogen) atoms. The summed E-state index contributed by atoms with van der Waals surface area (Å²) in [5.41, 5.74) is 1.28. The summed E-state index contributed by atoms with van der Waals surface area (Å²) in [6.07, 6.45) is -2.96. The van der Waals surface area contributed by atoms with Crippen LogP contribution in [-0.4, -0.2) is 16.8 Å². The molecule has 3 nitrogen and oxygen atoms in total. The van der Waals surface area contributed by atoms with E-state index in [0.29, 0.717) is 16.8 Å². The number of alkyl halides is 3. The van der Waals surface area contributed by atoms with E-state index in [1.165, 1.54) is 12.1 Å². The number of hydrogen-bond acceptors (Lipinski definition) is 2. The van der Waals surface area contributed by atoms with Gasteiger partial charge in [0.15, 0.2) is 0 Å². The molecule has 6 heteroatoms. The molecule has 2 aromatic carbocycles. The van der Waals surface area contributed by atoms with Crippen molar-refractivity contribution >= 4 is 11.6 Å². The van der Waals surface area contributed by atoms with Crippen LogP contribution in [0.1, 0.15) is 40.5 Å². The van der Waals surface area contributed by atoms with Gasteiger partial charge in [0.25, 0.3) is 5.91 Å². The molecule has 124 valence electrons. The van der Waals surface area contributed by atoms with E-state index in [2.05, 4.69) is 5.32 Å². The van der Waals surface area contributed by atoms with Crippen molar-refractivity contribution in [3.05, 3.63) is 65.2 Å². The summed E-state index contributed by atoms with van der Waals surface area (Å²) in [6, 6.07) is 12.4. The largest absolute Gasteiger partial charge is 0.416 e. The van der Waals surface area contributed by atoms with Crippen molar-refractivity contribution in [2.45, 2.75) is 31.2 Å². The van der Waals surface area contributed by atoms with Gasteiger partial charge in [0.1, 0.15) is 6.17 Å². The van der Waals surface area contributed by atoms with E-state index in [1.54, 1.807) is 11.0 Å². The van der Waals surface area contributed by atoms with Crippen LogP contribution in [0.25, 0.3) is 0 Å². The van der Waals surface area contributed by atoms with Gasteiger partial charge in [-0.15, -0.1) is 0 Å². The molecule has 2 aliphatic rings. The number of benzene rings is 2. The first-order chi connectivity index (χ1) is 11.4. The minimum Gasteiger partial charge on any atom is -0.361 e. The number of nitrogens with zero attached hydrogens (tertiary/aromatic N) is 1. The van der Waals surface area contributed by atoms with Crippen molar-refractivity contribution in [3.63, 3.8) is 0 Å². The Balaban J connectivity index is 1.72. The summed E-state index contributed by atoms with van der Waals surface area (Å²) in [7, 11) is 0. The van der Waals surface area contributed by atoms with Gasteiger partial charge >= 0.3 is 6.18 Å². The zero-order chi connectivity index (χ0) is 16.9. The molecule has 1 aliphatic heterocycles. The second-order valence-corrected chi connectivity index (χ2v) is 6.16. The Kier molecular flexibility index (Phi) is 3.30. The van der Waals surface area contributed by atoms with Gasteiger partial charge in [0.2, 0.25) is 0 Å². The Bertz CT molecular complexity index is 782. The van der Waals surface area contributed by atoms with Crippen LogP contribution >= 0.6 is 0 Å². The van der Waals surface area contributed by atoms with E-state index in [4.69, 9.17) is 0 Å². The van der Waals surface area contributed by atoms with Gasteiger partial charge in [-0.3, -0.25) is 4.79 Å². The van der Waals surface area contributed by atoms with Crippen molar-refractivity contribution in [2.75, 3.05) is 5.32 Å². The summed E-state index contributed by atoms with van der Waals surface area (Å²) in [5.74, 6) is -0.0725. The van der Waals surface area contributed by atoms with Crippen LogP contribution < -0.4 is 5.32 Å². The first kappa shape index (κ1) is 15.1. The summed E-state index contributed by atoms with van der Waals surface area (Å²) >= 11 is 0. The number of nitrogens with one attached hydrogen (secondary N) is 1. The van der Waals surface area contributed by atoms with Crippen LogP contribution in [0.15, 0.2) is 48.5 Å². The lowest BCUT2D eigenvalue weighted by Crippen LogP contribution is -2.44. The van der Waals surface area contributed by atoms with Gasteiger partial charge in [-0.1, -0.05) is 24.3 Å². The fraction of sp³-hybridized carbons (Fsp3) is 0.278. The maximum absolute atomic E-state index is 12.8. The second kappa shape index (κ2) is 5.26. The number of anilines is 1. The van der Waals surface area contributed by atoms with Gasteiger partial charge in [-0.2, -0.15) is 13.2 Å². The maximum atomic E-state index is 12.8. The number of halogens is 3. The Morgan fingerprint density at radius 2 is 1.67 bits per heavy atom. The van der Waals surface area contributed by atoms with Crippen LogP contribution in [-0.2, 0) is 6.18 Å². The first-order valence-electron chi connectivity index (χ1n) is 7.80. The molecule has 1 atom stereocenters. The second-order valence-electron chi connectivity index (χ2n) is 6.16. The lowest BCUT2D eigenvalue weighted by atomic mass is 10.0. The summed E-state index contributed by atoms with van der Waals surface area (Å²) < 4.78 is 38.3. The first-order valence-corrected chi connectivity index (χ1v) is 7.80. The predicted octanol–water partition coefficient (Wildman–Crippen LogP) is 4.43. The zero-order valence-corrected chi connectivity index (χ0v) is 12.7. The van der Waals surface area contributed by atoms with E-state index < -0.39 is 17.9 Å². The van der Waals surface area contributed by atoms with Crippen LogP contribution in [0.4, 0.5) is 18.9 Å². The Hall–Kier alpha value is -2.50. The zero-order valence-electron chi connectivity index (χ0n) is 12.7. The van der Waals surface area contributed by atoms with E-state index >= 15 is 0 Å². The molecular weight excluding hydrogens is 317 g/mol. The number of hydrogen-bond donors (Lipinski definition) is 1. The van der Waals surface area contributed by atoms with Crippen molar-refractivity contribution in [1.82, 2.24) is 4.90 Å². The van der Waals surface area contributed by atoms with Crippen LogP contribution in [0, 0.1) is 0 Å². The van der Waals surface area contributed by atoms with Gasteiger partial charge in [0.05, 0.1) is 11.1 Å². The van der Waals surface area contributed by atoms with Crippen LogP contribution in [0.5, 0.6) is 0 Å². The third-order valence-electron chi connectivity index (χ3n) is 4.46. The minimum atomic E-state index is -4.36. The molecule has 1 saturated carbocycles. The number of fused-ring (bicyclic) bond motifs is 1. The molecule has 1 fully saturated rings. The lowest BCUT2D eigenvalue weighted by Gasteiger charge is -2.38. The molecule has 0 unspecified atom stereocenters. The summed E-state index contributed by atoms with van der Waals surface area (Å²) in [6.45, 7) is 0. The Labute approximate surface area is 137 Å². The highest BCUT2D eigenvalue weighted by Gasteiger charge is 2.42. The molecule has 4 rings (SSSR count). The average molecular weight is 332 g/mol. The van der Waals surface area contributed by atoms with Crippen molar-refractivity contribution in [3.8, 4) is 0 Å². The molecule has 0 radical (unpaired) electrons. The number of amides is 1. The highest BCUT2D eigenvalue weighted by Crippen LogP contribution is 2.41. The molecule has 0 bridgehead atoms. The molecule has 1 heterocycles. The van der Waals surface area contributed by atoms with Crippen molar-refractivity contribution in [1.29, 1.82) is 0 Å². The lowest BCUT2D eigenvalue weighted by molar-refractivity contribution is -0.137. The van der Waals surface area contributed by atoms with E-state index in [1.807, 2.05) is 18.2 Å². The van der Waals surface area contributed by atoms with E-state index in [-0.39, 0.29) is 11.9 Å². The molecule has 0 spiro atoms. The van der Waals surface area contributed by atoms with Crippen LogP contribution in [0.3, 0.4) is 0 Å². The molecular formula is C18H15F3N2O. The minimum absolute atomic E-state index is 0.0725. The van der Waals surface area contributed by atoms with Gasteiger partial charge in [0, 0.05) is 11.7 Å². The Morgan fingerprint density at radius 1 is 1.00 bits per heavy atom. The average Bonchev–Trinajstić information content (AvgIpc) is 3.39. The quantitative estimate of drug-likeness (QED) is 0.882. The van der Waals surface area contributed by atoms with Crippen LogP contribution in [0.2, 0.25) is 0 Å². The summed E-state index contributed by atoms with van der Waals surface area (Å²) in [5, 5.41) is 3.30. The topological polar surface area (TPSA) is 32.3 Å². The van der Waals surface area contributed by atoms with E-state index in [9.17, 15) is 18.0 Å². The van der Waals surface area contributed by atoms with Gasteiger partial charge in [-0.25, -0.2) is 0 Å². The monoisotopic (exact) mass is 332 g/mol. The van der Waals surface area contributed by atoms with E-state index in [0.717, 1.165) is 25.0 Å². The molecule has 0 aromatic heterocycles. The highest BCUT2D eigenvalue weighted by molar-refractivity contribution is 6.02. The molecule has 1 N–H and O–H groups in total. The molecule has 1 amide bonds. The van der Waals surface area contributed by atoms with Crippen molar-refractivity contribution in [2.24, 2.45) is 0 Å². The molecule has 1 aliphatic carbocycles. The van der Waals surface area contributed by atoms with Gasteiger partial charge in [-0.05, 0) is 42.7 Å². The fourth-order valence-electron chi connectivity index (χ4n) is 3.10. The summed E-state index contributed by atoms with van der Waals surface area (Å²) in [4.78, 5) is 14.6. The maximum Gasteiger partial charge on any atom is 0.416 e. The third-order valence-corrected chi connectivity index (χ3v) is 4.46. The fourth-order valence-corrected chi connectivity index (χ4v) is 3.10. The standard InChI is InChI=1S/C18H15F3N2O/c19-18(20,21)12-7-5-11(6-8-12)16-22-15-4-2-1-3-14(15)17(24)23(16)13-9-10-13/h1-8,13,16,22H,9-10H2/t16-/m0/s1. The normalized spacial score (nSPS) is 20.5. The number of rotatable bonds is 2. The van der Waals surface area contributed by atoms with Gasteiger partial charge < -0.3 is 10.2 Å².